The van der Waals surface area contributed by atoms with Crippen LogP contribution in [0.2, 0.25) is 0 Å². The van der Waals surface area contributed by atoms with Crippen molar-refractivity contribution in [3.05, 3.63) is 46.7 Å². The Labute approximate surface area is 147 Å². The SMILES string of the molecule is CC(C)c1nccn1CCC(=O)N1CCCC(c2ccnc(=O)[nH]2)C1. The van der Waals surface area contributed by atoms with E-state index in [9.17, 15) is 9.59 Å². The zero-order valence-electron chi connectivity index (χ0n) is 14.8. The molecule has 1 aliphatic rings. The summed E-state index contributed by atoms with van der Waals surface area (Å²) < 4.78 is 2.06. The number of aromatic amines is 1. The molecule has 1 fully saturated rings. The number of hydrogen-bond acceptors (Lipinski definition) is 4. The average Bonchev–Trinajstić information content (AvgIpc) is 3.09. The van der Waals surface area contributed by atoms with Crippen LogP contribution in [0.3, 0.4) is 0 Å². The first-order chi connectivity index (χ1) is 12.0. The molecular weight excluding hydrogens is 318 g/mol. The third-order valence-electron chi connectivity index (χ3n) is 4.74. The maximum absolute atomic E-state index is 12.6. The molecule has 7 nitrogen and oxygen atoms in total. The van der Waals surface area contributed by atoms with E-state index in [0.29, 0.717) is 25.4 Å². The summed E-state index contributed by atoms with van der Waals surface area (Å²) in [5.41, 5.74) is 0.538. The highest BCUT2D eigenvalue weighted by atomic mass is 16.2. The number of amides is 1. The molecule has 0 saturated carbocycles. The Bertz CT molecular complexity index is 780. The minimum absolute atomic E-state index is 0.157. The largest absolute Gasteiger partial charge is 0.345 e. The number of nitrogens with one attached hydrogen (secondary N) is 1. The second kappa shape index (κ2) is 7.63. The van der Waals surface area contributed by atoms with Crippen molar-refractivity contribution in [1.29, 1.82) is 0 Å². The fourth-order valence-corrected chi connectivity index (χ4v) is 3.46. The fourth-order valence-electron chi connectivity index (χ4n) is 3.46. The first-order valence-electron chi connectivity index (χ1n) is 8.88. The standard InChI is InChI=1S/C18H25N5O2/c1-13(2)17-19-8-11-22(17)10-6-16(24)23-9-3-4-14(12-23)15-5-7-20-18(25)21-15/h5,7-8,11,13-14H,3-4,6,9-10,12H2,1-2H3,(H,20,21,25). The second-order valence-electron chi connectivity index (χ2n) is 6.89. The van der Waals surface area contributed by atoms with Gasteiger partial charge in [0.25, 0.3) is 0 Å². The molecule has 1 atom stereocenters. The number of hydrogen-bond donors (Lipinski definition) is 1. The van der Waals surface area contributed by atoms with Gasteiger partial charge in [0.05, 0.1) is 0 Å². The number of aromatic nitrogens is 4. The normalized spacial score (nSPS) is 17.9. The first-order valence-corrected chi connectivity index (χ1v) is 8.88. The van der Waals surface area contributed by atoms with E-state index < -0.39 is 0 Å². The fraction of sp³-hybridized carbons (Fsp3) is 0.556. The number of aryl methyl sites for hydroxylation is 1. The van der Waals surface area contributed by atoms with E-state index >= 15 is 0 Å². The summed E-state index contributed by atoms with van der Waals surface area (Å²) in [5, 5.41) is 0. The molecule has 2 aromatic rings. The van der Waals surface area contributed by atoms with Crippen LogP contribution >= 0.6 is 0 Å². The molecule has 1 unspecified atom stereocenters. The van der Waals surface area contributed by atoms with E-state index in [-0.39, 0.29) is 17.5 Å². The number of rotatable bonds is 5. The van der Waals surface area contributed by atoms with Crippen LogP contribution in [-0.4, -0.2) is 43.4 Å². The van der Waals surface area contributed by atoms with Gasteiger partial charge in [0, 0.05) is 62.2 Å². The molecule has 3 heterocycles. The summed E-state index contributed by atoms with van der Waals surface area (Å²) in [6.45, 7) is 6.29. The monoisotopic (exact) mass is 343 g/mol. The number of imidazole rings is 1. The maximum Gasteiger partial charge on any atom is 0.345 e. The molecule has 0 aliphatic carbocycles. The van der Waals surface area contributed by atoms with Gasteiger partial charge < -0.3 is 14.5 Å². The smallest absolute Gasteiger partial charge is 0.342 e. The summed E-state index contributed by atoms with van der Waals surface area (Å²) in [6, 6.07) is 1.83. The van der Waals surface area contributed by atoms with Crippen molar-refractivity contribution >= 4 is 5.91 Å². The van der Waals surface area contributed by atoms with Crippen LogP contribution in [0, 0.1) is 0 Å². The molecule has 3 rings (SSSR count). The first kappa shape index (κ1) is 17.4. The van der Waals surface area contributed by atoms with Gasteiger partial charge in [0.1, 0.15) is 5.82 Å². The van der Waals surface area contributed by atoms with Gasteiger partial charge in [-0.3, -0.25) is 4.79 Å². The van der Waals surface area contributed by atoms with Crippen molar-refractivity contribution in [2.45, 2.75) is 51.5 Å². The Morgan fingerprint density at radius 1 is 1.36 bits per heavy atom. The molecule has 25 heavy (non-hydrogen) atoms. The predicted molar refractivity (Wildman–Crippen MR) is 94.3 cm³/mol. The Kier molecular flexibility index (Phi) is 5.31. The molecule has 1 saturated heterocycles. The molecule has 134 valence electrons. The zero-order chi connectivity index (χ0) is 17.8. The molecule has 2 aromatic heterocycles. The zero-order valence-corrected chi connectivity index (χ0v) is 14.8. The lowest BCUT2D eigenvalue weighted by atomic mass is 9.94. The Morgan fingerprint density at radius 2 is 2.20 bits per heavy atom. The summed E-state index contributed by atoms with van der Waals surface area (Å²) in [4.78, 5) is 36.8. The minimum atomic E-state index is -0.331. The van der Waals surface area contributed by atoms with Crippen LogP contribution in [0.25, 0.3) is 0 Å². The molecule has 0 bridgehead atoms. The van der Waals surface area contributed by atoms with Gasteiger partial charge in [-0.15, -0.1) is 0 Å². The maximum atomic E-state index is 12.6. The Hall–Kier alpha value is -2.44. The average molecular weight is 343 g/mol. The van der Waals surface area contributed by atoms with E-state index in [1.165, 1.54) is 6.20 Å². The molecule has 1 N–H and O–H groups in total. The summed E-state index contributed by atoms with van der Waals surface area (Å²) in [5.74, 6) is 1.68. The van der Waals surface area contributed by atoms with Crippen molar-refractivity contribution in [2.24, 2.45) is 0 Å². The number of piperidine rings is 1. The van der Waals surface area contributed by atoms with Gasteiger partial charge in [0.15, 0.2) is 0 Å². The van der Waals surface area contributed by atoms with E-state index in [2.05, 4.69) is 33.4 Å². The van der Waals surface area contributed by atoms with Crippen LogP contribution in [-0.2, 0) is 11.3 Å². The summed E-state index contributed by atoms with van der Waals surface area (Å²) in [6.07, 6.45) is 7.64. The van der Waals surface area contributed by atoms with Crippen LogP contribution in [0.5, 0.6) is 0 Å². The molecule has 0 aromatic carbocycles. The Morgan fingerprint density at radius 3 is 2.96 bits per heavy atom. The third kappa shape index (κ3) is 4.15. The number of H-pyrrole nitrogens is 1. The van der Waals surface area contributed by atoms with Crippen molar-refractivity contribution < 1.29 is 4.79 Å². The van der Waals surface area contributed by atoms with Crippen LogP contribution in [0.4, 0.5) is 0 Å². The van der Waals surface area contributed by atoms with Crippen LogP contribution in [0.15, 0.2) is 29.5 Å². The lowest BCUT2D eigenvalue weighted by molar-refractivity contribution is -0.132. The number of nitrogens with zero attached hydrogens (tertiary/aromatic N) is 4. The van der Waals surface area contributed by atoms with E-state index in [4.69, 9.17) is 0 Å². The molecule has 1 aliphatic heterocycles. The summed E-state index contributed by atoms with van der Waals surface area (Å²) >= 11 is 0. The third-order valence-corrected chi connectivity index (χ3v) is 4.74. The van der Waals surface area contributed by atoms with Gasteiger partial charge >= 0.3 is 5.69 Å². The van der Waals surface area contributed by atoms with E-state index in [1.54, 1.807) is 6.20 Å². The van der Waals surface area contributed by atoms with Gasteiger partial charge in [-0.25, -0.2) is 14.8 Å². The number of carbonyl (C=O) groups excluding carboxylic acids is 1. The Balaban J connectivity index is 1.60. The van der Waals surface area contributed by atoms with Crippen molar-refractivity contribution in [1.82, 2.24) is 24.4 Å². The van der Waals surface area contributed by atoms with Gasteiger partial charge in [-0.05, 0) is 18.9 Å². The highest BCUT2D eigenvalue weighted by Gasteiger charge is 2.25. The minimum Gasteiger partial charge on any atom is -0.342 e. The predicted octanol–water partition coefficient (Wildman–Crippen LogP) is 1.89. The van der Waals surface area contributed by atoms with E-state index in [0.717, 1.165) is 30.9 Å². The van der Waals surface area contributed by atoms with Gasteiger partial charge in [0.2, 0.25) is 5.91 Å². The van der Waals surface area contributed by atoms with Crippen LogP contribution in [0.1, 0.15) is 56.5 Å². The molecule has 1 amide bonds. The molecule has 0 radical (unpaired) electrons. The van der Waals surface area contributed by atoms with Crippen molar-refractivity contribution in [3.8, 4) is 0 Å². The quantitative estimate of drug-likeness (QED) is 0.898. The lowest BCUT2D eigenvalue weighted by Crippen LogP contribution is -2.40. The molecule has 7 heteroatoms. The number of likely N-dealkylation sites (tertiary alicyclic amines) is 1. The molecule has 0 spiro atoms. The van der Waals surface area contributed by atoms with E-state index in [1.807, 2.05) is 17.2 Å². The summed E-state index contributed by atoms with van der Waals surface area (Å²) in [7, 11) is 0. The highest BCUT2D eigenvalue weighted by molar-refractivity contribution is 5.76. The number of carbonyl (C=O) groups is 1. The second-order valence-corrected chi connectivity index (χ2v) is 6.89. The van der Waals surface area contributed by atoms with Crippen LogP contribution < -0.4 is 5.69 Å². The topological polar surface area (TPSA) is 83.9 Å². The molecular formula is C18H25N5O2. The highest BCUT2D eigenvalue weighted by Crippen LogP contribution is 2.25. The lowest BCUT2D eigenvalue weighted by Gasteiger charge is -2.32. The van der Waals surface area contributed by atoms with Crippen molar-refractivity contribution in [2.75, 3.05) is 13.1 Å². The van der Waals surface area contributed by atoms with Gasteiger partial charge in [-0.1, -0.05) is 13.8 Å². The van der Waals surface area contributed by atoms with Crippen molar-refractivity contribution in [3.63, 3.8) is 0 Å². The van der Waals surface area contributed by atoms with Gasteiger partial charge in [-0.2, -0.15) is 0 Å².